The summed E-state index contributed by atoms with van der Waals surface area (Å²) in [5.74, 6) is -0.638. The molecule has 1 aromatic heterocycles. The predicted octanol–water partition coefficient (Wildman–Crippen LogP) is 3.21. The third-order valence-electron chi connectivity index (χ3n) is 3.39. The van der Waals surface area contributed by atoms with Crippen LogP contribution >= 0.6 is 11.6 Å². The lowest BCUT2D eigenvalue weighted by Crippen LogP contribution is -2.24. The first-order valence-electron chi connectivity index (χ1n) is 6.38. The molecule has 0 spiro atoms. The highest BCUT2D eigenvalue weighted by Gasteiger charge is 2.17. The average Bonchev–Trinajstić information content (AvgIpc) is 2.47. The Morgan fingerprint density at radius 1 is 1.29 bits per heavy atom. The first-order chi connectivity index (χ1) is 9.90. The van der Waals surface area contributed by atoms with E-state index < -0.39 is 5.97 Å². The number of pyridine rings is 1. The van der Waals surface area contributed by atoms with Gasteiger partial charge >= 0.3 is 5.97 Å². The number of carboxylic acid groups (broad SMARTS) is 1. The molecule has 1 atom stereocenters. The lowest BCUT2D eigenvalue weighted by molar-refractivity contribution is 0.0690. The zero-order valence-corrected chi connectivity index (χ0v) is 12.5. The van der Waals surface area contributed by atoms with Gasteiger partial charge in [0.15, 0.2) is 11.5 Å². The summed E-state index contributed by atoms with van der Waals surface area (Å²) < 4.78 is 0. The maximum Gasteiger partial charge on any atom is 0.354 e. The Hall–Kier alpha value is -2.27. The number of carboxylic acids is 1. The van der Waals surface area contributed by atoms with Crippen LogP contribution in [0.15, 0.2) is 36.4 Å². The van der Waals surface area contributed by atoms with E-state index in [2.05, 4.69) is 4.98 Å². The van der Waals surface area contributed by atoms with E-state index in [1.54, 1.807) is 6.07 Å². The van der Waals surface area contributed by atoms with Crippen LogP contribution in [0.3, 0.4) is 0 Å². The number of halogens is 1. The van der Waals surface area contributed by atoms with Gasteiger partial charge in [0, 0.05) is 12.1 Å². The lowest BCUT2D eigenvalue weighted by Gasteiger charge is -2.27. The summed E-state index contributed by atoms with van der Waals surface area (Å²) in [6, 6.07) is 10.4. The van der Waals surface area contributed by atoms with Crippen molar-refractivity contribution < 1.29 is 9.90 Å². The van der Waals surface area contributed by atoms with Crippen molar-refractivity contribution in [1.29, 1.82) is 0 Å². The molecule has 6 heteroatoms. The van der Waals surface area contributed by atoms with Gasteiger partial charge in [-0.2, -0.15) is 0 Å². The molecule has 0 saturated heterocycles. The minimum atomic E-state index is -1.08. The van der Waals surface area contributed by atoms with E-state index in [9.17, 15) is 4.79 Å². The molecule has 0 saturated carbocycles. The maximum absolute atomic E-state index is 11.0. The van der Waals surface area contributed by atoms with Crippen molar-refractivity contribution >= 4 is 29.1 Å². The molecule has 5 nitrogen and oxygen atoms in total. The number of hydrogen-bond donors (Lipinski definition) is 2. The summed E-state index contributed by atoms with van der Waals surface area (Å²) in [5, 5.41) is 9.70. The van der Waals surface area contributed by atoms with Gasteiger partial charge in [0.1, 0.15) is 0 Å². The Morgan fingerprint density at radius 2 is 1.90 bits per heavy atom. The molecule has 0 aliphatic heterocycles. The molecule has 1 heterocycles. The number of hydrogen-bond acceptors (Lipinski definition) is 4. The van der Waals surface area contributed by atoms with E-state index in [1.165, 1.54) is 6.07 Å². The van der Waals surface area contributed by atoms with Crippen LogP contribution < -0.4 is 10.6 Å². The zero-order chi connectivity index (χ0) is 15.6. The molecule has 2 rings (SSSR count). The molecule has 0 amide bonds. The number of carbonyl (C=O) groups is 1. The van der Waals surface area contributed by atoms with Gasteiger partial charge in [0.25, 0.3) is 0 Å². The molecule has 2 aromatic rings. The van der Waals surface area contributed by atoms with Crippen LogP contribution in [-0.4, -0.2) is 23.1 Å². The van der Waals surface area contributed by atoms with Crippen molar-refractivity contribution in [2.24, 2.45) is 0 Å². The van der Waals surface area contributed by atoms with Crippen LogP contribution in [0.4, 0.5) is 11.5 Å². The monoisotopic (exact) mass is 305 g/mol. The highest BCUT2D eigenvalue weighted by atomic mass is 35.5. The molecular formula is C15H16ClN3O2. The molecule has 1 aromatic carbocycles. The number of aromatic carboxylic acids is 1. The van der Waals surface area contributed by atoms with E-state index in [4.69, 9.17) is 22.4 Å². The Bertz CT molecular complexity index is 658. The molecule has 0 fully saturated rings. The summed E-state index contributed by atoms with van der Waals surface area (Å²) in [4.78, 5) is 17.0. The molecule has 0 bridgehead atoms. The molecule has 0 radical (unpaired) electrons. The number of nitrogens with two attached hydrogens (primary N) is 1. The van der Waals surface area contributed by atoms with Crippen LogP contribution in [0, 0.1) is 0 Å². The summed E-state index contributed by atoms with van der Waals surface area (Å²) in [6.45, 7) is 1.98. The number of rotatable bonds is 4. The molecule has 0 aliphatic rings. The Labute approximate surface area is 128 Å². The number of nitrogen functional groups attached to an aromatic ring is 1. The number of nitrogens with zero attached hydrogens (tertiary/aromatic N) is 2. The second-order valence-electron chi connectivity index (χ2n) is 4.75. The minimum Gasteiger partial charge on any atom is -0.477 e. The fourth-order valence-corrected chi connectivity index (χ4v) is 2.14. The fourth-order valence-electron chi connectivity index (χ4n) is 2.01. The second-order valence-corrected chi connectivity index (χ2v) is 5.19. The fraction of sp³-hybridized carbons (Fsp3) is 0.200. The van der Waals surface area contributed by atoms with Crippen LogP contribution in [0.25, 0.3) is 0 Å². The SMILES string of the molecule is CC(c1ccc(Cl)cc1)N(C)c1nc(C(=O)O)ccc1N. The third-order valence-corrected chi connectivity index (χ3v) is 3.64. The Morgan fingerprint density at radius 3 is 2.48 bits per heavy atom. The lowest BCUT2D eigenvalue weighted by atomic mass is 10.1. The first-order valence-corrected chi connectivity index (χ1v) is 6.76. The average molecular weight is 306 g/mol. The van der Waals surface area contributed by atoms with Gasteiger partial charge in [-0.25, -0.2) is 9.78 Å². The highest BCUT2D eigenvalue weighted by molar-refractivity contribution is 6.30. The standard InChI is InChI=1S/C15H16ClN3O2/c1-9(10-3-5-11(16)6-4-10)19(2)14-12(17)7-8-13(18-14)15(20)21/h3-9H,17H2,1-2H3,(H,20,21). The van der Waals surface area contributed by atoms with Gasteiger partial charge in [-0.15, -0.1) is 0 Å². The Kier molecular flexibility index (Phi) is 4.33. The largest absolute Gasteiger partial charge is 0.477 e. The van der Waals surface area contributed by atoms with Gasteiger partial charge in [-0.05, 0) is 36.8 Å². The molecular weight excluding hydrogens is 290 g/mol. The number of benzene rings is 1. The molecule has 3 N–H and O–H groups in total. The van der Waals surface area contributed by atoms with Crippen molar-refractivity contribution in [2.45, 2.75) is 13.0 Å². The number of aromatic nitrogens is 1. The number of anilines is 2. The van der Waals surface area contributed by atoms with Crippen LogP contribution in [0.5, 0.6) is 0 Å². The van der Waals surface area contributed by atoms with E-state index >= 15 is 0 Å². The van der Waals surface area contributed by atoms with Crippen molar-refractivity contribution in [3.05, 3.63) is 52.7 Å². The summed E-state index contributed by atoms with van der Waals surface area (Å²) in [6.07, 6.45) is 0. The third kappa shape index (κ3) is 3.25. The topological polar surface area (TPSA) is 79.5 Å². The highest BCUT2D eigenvalue weighted by Crippen LogP contribution is 2.28. The van der Waals surface area contributed by atoms with Crippen LogP contribution in [-0.2, 0) is 0 Å². The summed E-state index contributed by atoms with van der Waals surface area (Å²) in [7, 11) is 1.82. The normalized spacial score (nSPS) is 12.0. The molecule has 1 unspecified atom stereocenters. The van der Waals surface area contributed by atoms with Crippen LogP contribution in [0.1, 0.15) is 29.0 Å². The Balaban J connectivity index is 2.34. The predicted molar refractivity (Wildman–Crippen MR) is 83.9 cm³/mol. The van der Waals surface area contributed by atoms with E-state index in [1.807, 2.05) is 43.1 Å². The molecule has 0 aliphatic carbocycles. The minimum absolute atomic E-state index is 0.0267. The van der Waals surface area contributed by atoms with Crippen molar-refractivity contribution in [3.63, 3.8) is 0 Å². The second kappa shape index (κ2) is 6.01. The van der Waals surface area contributed by atoms with Gasteiger partial charge in [0.2, 0.25) is 0 Å². The van der Waals surface area contributed by atoms with E-state index in [0.717, 1.165) is 5.56 Å². The van der Waals surface area contributed by atoms with Gasteiger partial charge in [-0.1, -0.05) is 23.7 Å². The quantitative estimate of drug-likeness (QED) is 0.906. The smallest absolute Gasteiger partial charge is 0.354 e. The van der Waals surface area contributed by atoms with Crippen molar-refractivity contribution in [1.82, 2.24) is 4.98 Å². The van der Waals surface area contributed by atoms with E-state index in [-0.39, 0.29) is 11.7 Å². The van der Waals surface area contributed by atoms with Crippen molar-refractivity contribution in [3.8, 4) is 0 Å². The van der Waals surface area contributed by atoms with Crippen molar-refractivity contribution in [2.75, 3.05) is 17.7 Å². The van der Waals surface area contributed by atoms with E-state index in [0.29, 0.717) is 16.5 Å². The van der Waals surface area contributed by atoms with Crippen LogP contribution in [0.2, 0.25) is 5.02 Å². The molecule has 21 heavy (non-hydrogen) atoms. The molecule has 110 valence electrons. The maximum atomic E-state index is 11.0. The summed E-state index contributed by atoms with van der Waals surface area (Å²) in [5.41, 5.74) is 7.34. The van der Waals surface area contributed by atoms with Gasteiger partial charge in [-0.3, -0.25) is 0 Å². The first kappa shape index (κ1) is 15.1. The zero-order valence-electron chi connectivity index (χ0n) is 11.7. The van der Waals surface area contributed by atoms with Gasteiger partial charge in [0.05, 0.1) is 11.7 Å². The van der Waals surface area contributed by atoms with Gasteiger partial charge < -0.3 is 15.7 Å². The summed E-state index contributed by atoms with van der Waals surface area (Å²) >= 11 is 5.88.